The maximum Gasteiger partial charge on any atom is 0.255 e. The van der Waals surface area contributed by atoms with Crippen LogP contribution in [0.15, 0.2) is 24.3 Å². The van der Waals surface area contributed by atoms with Crippen LogP contribution in [0.5, 0.6) is 0 Å². The Morgan fingerprint density at radius 1 is 1.29 bits per heavy atom. The maximum absolute atomic E-state index is 13.0. The molecule has 1 amide bonds. The van der Waals surface area contributed by atoms with Gasteiger partial charge in [-0.05, 0) is 48.6 Å². The van der Waals surface area contributed by atoms with E-state index in [9.17, 15) is 14.3 Å². The SMILES string of the molecule is O=C(N1CCC(c2ccc(F)cc2)CC1)C1(O)CCSC1. The third-order valence-electron chi connectivity index (χ3n) is 4.52. The molecule has 0 spiro atoms. The number of rotatable bonds is 2. The lowest BCUT2D eigenvalue weighted by Crippen LogP contribution is -2.51. The first kappa shape index (κ1) is 14.9. The van der Waals surface area contributed by atoms with Gasteiger partial charge in [-0.15, -0.1) is 0 Å². The van der Waals surface area contributed by atoms with Gasteiger partial charge in [0.15, 0.2) is 5.60 Å². The second kappa shape index (κ2) is 5.97. The predicted molar refractivity (Wildman–Crippen MR) is 81.8 cm³/mol. The fraction of sp³-hybridized carbons (Fsp3) is 0.562. The highest BCUT2D eigenvalue weighted by atomic mass is 32.2. The number of nitrogens with zero attached hydrogens (tertiary/aromatic N) is 1. The van der Waals surface area contributed by atoms with Crippen LogP contribution in [0.2, 0.25) is 0 Å². The van der Waals surface area contributed by atoms with Crippen LogP contribution >= 0.6 is 11.8 Å². The number of thioether (sulfide) groups is 1. The number of hydrogen-bond acceptors (Lipinski definition) is 3. The molecule has 5 heteroatoms. The monoisotopic (exact) mass is 309 g/mol. The van der Waals surface area contributed by atoms with Crippen molar-refractivity contribution >= 4 is 17.7 Å². The van der Waals surface area contributed by atoms with Crippen LogP contribution in [0.25, 0.3) is 0 Å². The first-order chi connectivity index (χ1) is 10.1. The zero-order valence-electron chi connectivity index (χ0n) is 11.9. The Bertz CT molecular complexity index is 506. The minimum atomic E-state index is -1.15. The van der Waals surface area contributed by atoms with Crippen LogP contribution in [0, 0.1) is 5.82 Å². The molecule has 3 nitrogen and oxygen atoms in total. The summed E-state index contributed by atoms with van der Waals surface area (Å²) in [5, 5.41) is 10.4. The zero-order valence-corrected chi connectivity index (χ0v) is 12.7. The number of aliphatic hydroxyl groups is 1. The fourth-order valence-electron chi connectivity index (χ4n) is 3.17. The van der Waals surface area contributed by atoms with Crippen molar-refractivity contribution in [3.8, 4) is 0 Å². The Balaban J connectivity index is 1.60. The van der Waals surface area contributed by atoms with Gasteiger partial charge in [0, 0.05) is 18.8 Å². The minimum absolute atomic E-state index is 0.106. The Kier molecular flexibility index (Phi) is 4.22. The van der Waals surface area contributed by atoms with Crippen molar-refractivity contribution in [2.45, 2.75) is 30.8 Å². The summed E-state index contributed by atoms with van der Waals surface area (Å²) in [4.78, 5) is 14.2. The van der Waals surface area contributed by atoms with E-state index >= 15 is 0 Å². The number of benzene rings is 1. The number of carbonyl (C=O) groups is 1. The minimum Gasteiger partial charge on any atom is -0.379 e. The Morgan fingerprint density at radius 2 is 1.95 bits per heavy atom. The zero-order chi connectivity index (χ0) is 14.9. The largest absolute Gasteiger partial charge is 0.379 e. The highest BCUT2D eigenvalue weighted by molar-refractivity contribution is 7.99. The topological polar surface area (TPSA) is 40.5 Å². The van der Waals surface area contributed by atoms with E-state index in [0.717, 1.165) is 24.2 Å². The molecule has 21 heavy (non-hydrogen) atoms. The van der Waals surface area contributed by atoms with E-state index in [4.69, 9.17) is 0 Å². The molecule has 114 valence electrons. The van der Waals surface area contributed by atoms with Crippen LogP contribution in [-0.4, -0.2) is 46.1 Å². The molecular formula is C16H20FNO2S. The van der Waals surface area contributed by atoms with Gasteiger partial charge in [-0.25, -0.2) is 4.39 Å². The van der Waals surface area contributed by atoms with Crippen molar-refractivity contribution in [3.63, 3.8) is 0 Å². The maximum atomic E-state index is 13.0. The average Bonchev–Trinajstić information content (AvgIpc) is 2.96. The number of likely N-dealkylation sites (tertiary alicyclic amines) is 1. The fourth-order valence-corrected chi connectivity index (χ4v) is 4.40. The first-order valence-electron chi connectivity index (χ1n) is 7.43. The molecule has 3 rings (SSSR count). The third kappa shape index (κ3) is 3.09. The van der Waals surface area contributed by atoms with Gasteiger partial charge in [-0.1, -0.05) is 12.1 Å². The highest BCUT2D eigenvalue weighted by Gasteiger charge is 2.42. The molecule has 2 fully saturated rings. The summed E-state index contributed by atoms with van der Waals surface area (Å²) in [6.07, 6.45) is 2.32. The van der Waals surface area contributed by atoms with Gasteiger partial charge in [0.25, 0.3) is 5.91 Å². The lowest BCUT2D eigenvalue weighted by molar-refractivity contribution is -0.149. The van der Waals surface area contributed by atoms with Crippen LogP contribution < -0.4 is 0 Å². The normalized spacial score (nSPS) is 27.0. The summed E-state index contributed by atoms with van der Waals surface area (Å²) in [6, 6.07) is 6.65. The lowest BCUT2D eigenvalue weighted by atomic mass is 9.88. The quantitative estimate of drug-likeness (QED) is 0.912. The Labute approximate surface area is 128 Å². The van der Waals surface area contributed by atoms with Gasteiger partial charge in [0.1, 0.15) is 5.82 Å². The second-order valence-corrected chi connectivity index (χ2v) is 7.06. The van der Waals surface area contributed by atoms with E-state index in [0.29, 0.717) is 31.2 Å². The Morgan fingerprint density at radius 3 is 2.52 bits per heavy atom. The number of piperidine rings is 1. The molecule has 1 N–H and O–H groups in total. The third-order valence-corrected chi connectivity index (χ3v) is 5.70. The van der Waals surface area contributed by atoms with Crippen molar-refractivity contribution in [3.05, 3.63) is 35.6 Å². The molecule has 2 heterocycles. The molecule has 0 bridgehead atoms. The van der Waals surface area contributed by atoms with Crippen molar-refractivity contribution in [2.75, 3.05) is 24.6 Å². The molecule has 0 saturated carbocycles. The van der Waals surface area contributed by atoms with E-state index in [-0.39, 0.29) is 11.7 Å². The van der Waals surface area contributed by atoms with E-state index < -0.39 is 5.60 Å². The van der Waals surface area contributed by atoms with E-state index in [2.05, 4.69) is 0 Å². The van der Waals surface area contributed by atoms with Crippen LogP contribution in [0.1, 0.15) is 30.7 Å². The molecule has 2 saturated heterocycles. The summed E-state index contributed by atoms with van der Waals surface area (Å²) in [5.74, 6) is 1.43. The molecular weight excluding hydrogens is 289 g/mol. The van der Waals surface area contributed by atoms with Crippen molar-refractivity contribution in [1.82, 2.24) is 4.90 Å². The van der Waals surface area contributed by atoms with Crippen molar-refractivity contribution in [2.24, 2.45) is 0 Å². The molecule has 2 aliphatic heterocycles. The highest BCUT2D eigenvalue weighted by Crippen LogP contribution is 2.33. The smallest absolute Gasteiger partial charge is 0.255 e. The van der Waals surface area contributed by atoms with Gasteiger partial charge in [-0.3, -0.25) is 4.79 Å². The van der Waals surface area contributed by atoms with Crippen LogP contribution in [0.4, 0.5) is 4.39 Å². The summed E-state index contributed by atoms with van der Waals surface area (Å²) >= 11 is 1.64. The standard InChI is InChI=1S/C16H20FNO2S/c17-14-3-1-12(2-4-14)13-5-8-18(9-6-13)15(19)16(20)7-10-21-11-16/h1-4,13,20H,5-11H2. The van der Waals surface area contributed by atoms with E-state index in [1.54, 1.807) is 16.7 Å². The predicted octanol–water partition coefficient (Wildman–Crippen LogP) is 2.40. The molecule has 1 unspecified atom stereocenters. The van der Waals surface area contributed by atoms with Gasteiger partial charge in [-0.2, -0.15) is 11.8 Å². The van der Waals surface area contributed by atoms with Gasteiger partial charge < -0.3 is 10.0 Å². The average molecular weight is 309 g/mol. The van der Waals surface area contributed by atoms with Crippen molar-refractivity contribution in [1.29, 1.82) is 0 Å². The molecule has 1 aromatic carbocycles. The van der Waals surface area contributed by atoms with Crippen LogP contribution in [-0.2, 0) is 4.79 Å². The van der Waals surface area contributed by atoms with Gasteiger partial charge in [0.2, 0.25) is 0 Å². The van der Waals surface area contributed by atoms with Crippen molar-refractivity contribution < 1.29 is 14.3 Å². The van der Waals surface area contributed by atoms with Gasteiger partial charge >= 0.3 is 0 Å². The molecule has 1 aromatic rings. The second-order valence-electron chi connectivity index (χ2n) is 5.95. The number of halogens is 1. The van der Waals surface area contributed by atoms with E-state index in [1.807, 2.05) is 12.1 Å². The number of carbonyl (C=O) groups excluding carboxylic acids is 1. The summed E-state index contributed by atoms with van der Waals surface area (Å²) in [6.45, 7) is 1.35. The Hall–Kier alpha value is -1.07. The number of hydrogen-bond donors (Lipinski definition) is 1. The molecule has 1 atom stereocenters. The summed E-state index contributed by atoms with van der Waals surface area (Å²) < 4.78 is 13.0. The summed E-state index contributed by atoms with van der Waals surface area (Å²) in [5.41, 5.74) is -0.00783. The van der Waals surface area contributed by atoms with Crippen LogP contribution in [0.3, 0.4) is 0 Å². The van der Waals surface area contributed by atoms with Gasteiger partial charge in [0.05, 0.1) is 0 Å². The first-order valence-corrected chi connectivity index (χ1v) is 8.59. The number of amides is 1. The van der Waals surface area contributed by atoms with E-state index in [1.165, 1.54) is 12.1 Å². The summed E-state index contributed by atoms with van der Waals surface area (Å²) in [7, 11) is 0. The molecule has 2 aliphatic rings. The molecule has 0 aliphatic carbocycles. The lowest BCUT2D eigenvalue weighted by Gasteiger charge is -2.36. The molecule has 0 radical (unpaired) electrons. The molecule has 0 aromatic heterocycles.